The third-order valence-electron chi connectivity index (χ3n) is 4.81. The molecule has 2 aromatic rings. The fraction of sp³-hybridized carbons (Fsp3) is 0.571. The topological polar surface area (TPSA) is 68.0 Å². The largest absolute Gasteiger partial charge is 0.459 e. The van der Waals surface area contributed by atoms with E-state index in [0.29, 0.717) is 25.3 Å². The zero-order valence-corrected chi connectivity index (χ0v) is 16.7. The van der Waals surface area contributed by atoms with Gasteiger partial charge in [-0.2, -0.15) is 0 Å². The lowest BCUT2D eigenvalue weighted by Gasteiger charge is -2.12. The molecule has 0 aliphatic carbocycles. The van der Waals surface area contributed by atoms with Crippen molar-refractivity contribution in [3.05, 3.63) is 35.3 Å². The minimum atomic E-state index is -0.261. The van der Waals surface area contributed by atoms with Gasteiger partial charge in [-0.05, 0) is 51.3 Å². The van der Waals surface area contributed by atoms with Crippen LogP contribution in [0.2, 0.25) is 0 Å². The first-order valence-electron chi connectivity index (χ1n) is 10.1. The molecule has 1 aliphatic rings. The van der Waals surface area contributed by atoms with Gasteiger partial charge in [-0.3, -0.25) is 0 Å². The minimum absolute atomic E-state index is 0.261. The summed E-state index contributed by atoms with van der Waals surface area (Å²) in [7, 11) is 0. The van der Waals surface area contributed by atoms with E-state index in [2.05, 4.69) is 15.6 Å². The molecule has 1 aliphatic heterocycles. The number of hydrogen-bond acceptors (Lipinski definition) is 4. The Kier molecular flexibility index (Phi) is 7.68. The summed E-state index contributed by atoms with van der Waals surface area (Å²) in [6.07, 6.45) is 3.40. The lowest BCUT2D eigenvalue weighted by molar-refractivity contribution is 0.0168. The van der Waals surface area contributed by atoms with Crippen molar-refractivity contribution >= 4 is 16.9 Å². The summed E-state index contributed by atoms with van der Waals surface area (Å²) in [5, 5.41) is 7.33. The van der Waals surface area contributed by atoms with Crippen LogP contribution in [0, 0.1) is 12.7 Å². The predicted octanol–water partition coefficient (Wildman–Crippen LogP) is 3.52. The molecule has 0 amide bonds. The fourth-order valence-electron chi connectivity index (χ4n) is 3.26. The quantitative estimate of drug-likeness (QED) is 0.389. The van der Waals surface area contributed by atoms with Crippen LogP contribution >= 0.6 is 0 Å². The van der Waals surface area contributed by atoms with Crippen molar-refractivity contribution in [2.45, 2.75) is 45.8 Å². The summed E-state index contributed by atoms with van der Waals surface area (Å²) < 4.78 is 30.5. The SMILES string of the molecule is CCNC(=NCc1oc2ccc(F)cc2c1C)NCCCOCC1CCCO1. The van der Waals surface area contributed by atoms with Crippen LogP contribution in [0.4, 0.5) is 4.39 Å². The van der Waals surface area contributed by atoms with Crippen LogP contribution < -0.4 is 10.6 Å². The van der Waals surface area contributed by atoms with Gasteiger partial charge >= 0.3 is 0 Å². The standard InChI is InChI=1S/C21H30FN3O3/c1-3-23-21(24-9-5-10-26-14-17-6-4-11-27-17)25-13-20-15(2)18-12-16(22)7-8-19(18)28-20/h7-8,12,17H,3-6,9-11,13-14H2,1-2H3,(H2,23,24,25). The molecule has 2 N–H and O–H groups in total. The Balaban J connectivity index is 1.46. The van der Waals surface area contributed by atoms with Crippen molar-refractivity contribution in [3.8, 4) is 0 Å². The monoisotopic (exact) mass is 391 g/mol. The molecule has 154 valence electrons. The Morgan fingerprint density at radius 2 is 2.25 bits per heavy atom. The van der Waals surface area contributed by atoms with Crippen molar-refractivity contribution < 1.29 is 18.3 Å². The van der Waals surface area contributed by atoms with Gasteiger partial charge in [-0.1, -0.05) is 0 Å². The van der Waals surface area contributed by atoms with E-state index in [1.54, 1.807) is 6.07 Å². The van der Waals surface area contributed by atoms with Gasteiger partial charge < -0.3 is 24.5 Å². The Morgan fingerprint density at radius 3 is 3.04 bits per heavy atom. The first kappa shape index (κ1) is 20.6. The molecule has 7 heteroatoms. The number of nitrogens with one attached hydrogen (secondary N) is 2. The fourth-order valence-corrected chi connectivity index (χ4v) is 3.26. The summed E-state index contributed by atoms with van der Waals surface area (Å²) in [6.45, 7) is 8.12. The highest BCUT2D eigenvalue weighted by Crippen LogP contribution is 2.26. The molecule has 1 atom stereocenters. The Hall–Kier alpha value is -2.12. The predicted molar refractivity (Wildman–Crippen MR) is 108 cm³/mol. The van der Waals surface area contributed by atoms with Crippen molar-refractivity contribution in [1.82, 2.24) is 10.6 Å². The van der Waals surface area contributed by atoms with E-state index in [1.165, 1.54) is 12.1 Å². The summed E-state index contributed by atoms with van der Waals surface area (Å²) in [6, 6.07) is 4.57. The van der Waals surface area contributed by atoms with Gasteiger partial charge in [0.15, 0.2) is 5.96 Å². The number of fused-ring (bicyclic) bond motifs is 1. The third-order valence-corrected chi connectivity index (χ3v) is 4.81. The van der Waals surface area contributed by atoms with Crippen LogP contribution in [0.3, 0.4) is 0 Å². The van der Waals surface area contributed by atoms with Gasteiger partial charge in [0.1, 0.15) is 23.7 Å². The molecule has 1 aromatic heterocycles. The zero-order chi connectivity index (χ0) is 19.8. The highest BCUT2D eigenvalue weighted by Gasteiger charge is 2.15. The van der Waals surface area contributed by atoms with Gasteiger partial charge in [0, 0.05) is 37.3 Å². The molecule has 0 saturated carbocycles. The average Bonchev–Trinajstić information content (AvgIpc) is 3.31. The molecule has 28 heavy (non-hydrogen) atoms. The van der Waals surface area contributed by atoms with Crippen LogP contribution in [-0.2, 0) is 16.0 Å². The number of halogens is 1. The van der Waals surface area contributed by atoms with E-state index >= 15 is 0 Å². The molecule has 3 rings (SSSR count). The Labute approximate surface area is 165 Å². The third kappa shape index (κ3) is 5.69. The van der Waals surface area contributed by atoms with Crippen LogP contribution in [0.25, 0.3) is 11.0 Å². The highest BCUT2D eigenvalue weighted by atomic mass is 19.1. The van der Waals surface area contributed by atoms with Crippen LogP contribution in [0.1, 0.15) is 37.5 Å². The van der Waals surface area contributed by atoms with E-state index in [4.69, 9.17) is 13.9 Å². The summed E-state index contributed by atoms with van der Waals surface area (Å²) in [4.78, 5) is 4.59. The maximum atomic E-state index is 13.4. The van der Waals surface area contributed by atoms with Crippen LogP contribution in [0.5, 0.6) is 0 Å². The number of rotatable bonds is 9. The number of aryl methyl sites for hydroxylation is 1. The molecule has 0 bridgehead atoms. The van der Waals surface area contributed by atoms with Gasteiger partial charge in [0.05, 0.1) is 12.7 Å². The van der Waals surface area contributed by atoms with E-state index < -0.39 is 0 Å². The minimum Gasteiger partial charge on any atom is -0.459 e. The van der Waals surface area contributed by atoms with E-state index in [9.17, 15) is 4.39 Å². The first-order valence-corrected chi connectivity index (χ1v) is 10.1. The molecular formula is C21H30FN3O3. The summed E-state index contributed by atoms with van der Waals surface area (Å²) >= 11 is 0. The van der Waals surface area contributed by atoms with E-state index in [-0.39, 0.29) is 11.9 Å². The first-order chi connectivity index (χ1) is 13.7. The molecule has 1 saturated heterocycles. The number of aliphatic imine (C=N–C) groups is 1. The van der Waals surface area contributed by atoms with Gasteiger partial charge in [-0.25, -0.2) is 9.38 Å². The number of benzene rings is 1. The second-order valence-electron chi connectivity index (χ2n) is 6.98. The number of hydrogen-bond donors (Lipinski definition) is 2. The number of furan rings is 1. The summed E-state index contributed by atoms with van der Waals surface area (Å²) in [5.74, 6) is 1.22. The molecule has 1 fully saturated rings. The molecule has 0 spiro atoms. The number of guanidine groups is 1. The van der Waals surface area contributed by atoms with Crippen molar-refractivity contribution in [1.29, 1.82) is 0 Å². The average molecular weight is 391 g/mol. The maximum absolute atomic E-state index is 13.4. The van der Waals surface area contributed by atoms with Crippen molar-refractivity contribution in [2.75, 3.05) is 32.9 Å². The molecule has 2 heterocycles. The van der Waals surface area contributed by atoms with Crippen LogP contribution in [-0.4, -0.2) is 45.0 Å². The van der Waals surface area contributed by atoms with Crippen molar-refractivity contribution in [3.63, 3.8) is 0 Å². The van der Waals surface area contributed by atoms with Gasteiger partial charge in [-0.15, -0.1) is 0 Å². The second-order valence-corrected chi connectivity index (χ2v) is 6.98. The maximum Gasteiger partial charge on any atom is 0.191 e. The highest BCUT2D eigenvalue weighted by molar-refractivity contribution is 5.82. The van der Waals surface area contributed by atoms with Gasteiger partial charge in [0.25, 0.3) is 0 Å². The lowest BCUT2D eigenvalue weighted by atomic mass is 10.1. The molecule has 1 unspecified atom stereocenters. The van der Waals surface area contributed by atoms with Crippen molar-refractivity contribution in [2.24, 2.45) is 4.99 Å². The van der Waals surface area contributed by atoms with Crippen LogP contribution in [0.15, 0.2) is 27.6 Å². The Bertz CT molecular complexity index is 785. The molecule has 0 radical (unpaired) electrons. The van der Waals surface area contributed by atoms with Gasteiger partial charge in [0.2, 0.25) is 0 Å². The zero-order valence-electron chi connectivity index (χ0n) is 16.7. The number of nitrogens with zero attached hydrogens (tertiary/aromatic N) is 1. The second kappa shape index (κ2) is 10.4. The van der Waals surface area contributed by atoms with E-state index in [0.717, 1.165) is 61.6 Å². The van der Waals surface area contributed by atoms with E-state index in [1.807, 2.05) is 13.8 Å². The lowest BCUT2D eigenvalue weighted by Crippen LogP contribution is -2.38. The smallest absolute Gasteiger partial charge is 0.191 e. The summed E-state index contributed by atoms with van der Waals surface area (Å²) in [5.41, 5.74) is 1.61. The number of ether oxygens (including phenoxy) is 2. The Morgan fingerprint density at radius 1 is 1.36 bits per heavy atom. The normalized spacial score (nSPS) is 17.4. The molecule has 6 nitrogen and oxygen atoms in total. The molecule has 1 aromatic carbocycles. The molecular weight excluding hydrogens is 361 g/mol.